The number of carbonyl (C=O) groups is 2. The third-order valence-electron chi connectivity index (χ3n) is 2.99. The molecule has 22 heavy (non-hydrogen) atoms. The van der Waals surface area contributed by atoms with Crippen LogP contribution in [0.1, 0.15) is 26.3 Å². The number of rotatable bonds is 4. The maximum atomic E-state index is 12.2. The minimum Gasteiger partial charge on any atom is -0.465 e. The predicted octanol–water partition coefficient (Wildman–Crippen LogP) is 3.82. The number of hydrogen-bond acceptors (Lipinski definition) is 3. The Labute approximate surface area is 141 Å². The Morgan fingerprint density at radius 3 is 2.55 bits per heavy atom. The van der Waals surface area contributed by atoms with Gasteiger partial charge in [0.1, 0.15) is 0 Å². The van der Waals surface area contributed by atoms with Crippen LogP contribution in [0.4, 0.5) is 0 Å². The van der Waals surface area contributed by atoms with Crippen molar-refractivity contribution in [1.82, 2.24) is 5.32 Å². The van der Waals surface area contributed by atoms with Crippen LogP contribution in [-0.2, 0) is 11.3 Å². The number of benzene rings is 2. The molecule has 0 spiro atoms. The molecule has 2 rings (SSSR count). The van der Waals surface area contributed by atoms with E-state index < -0.39 is 5.97 Å². The predicted molar refractivity (Wildman–Crippen MR) is 88.1 cm³/mol. The fourth-order valence-corrected chi connectivity index (χ4v) is 2.47. The second-order valence-corrected chi connectivity index (χ2v) is 5.68. The maximum Gasteiger partial charge on any atom is 0.339 e. The molecular weight excluding hydrogens is 370 g/mol. The zero-order chi connectivity index (χ0) is 16.1. The Kier molecular flexibility index (Phi) is 5.57. The van der Waals surface area contributed by atoms with E-state index in [2.05, 4.69) is 26.0 Å². The fourth-order valence-electron chi connectivity index (χ4n) is 1.86. The average Bonchev–Trinajstić information content (AvgIpc) is 2.55. The molecule has 0 saturated carbocycles. The van der Waals surface area contributed by atoms with Crippen molar-refractivity contribution in [3.63, 3.8) is 0 Å². The molecule has 6 heteroatoms. The van der Waals surface area contributed by atoms with Gasteiger partial charge in [-0.2, -0.15) is 0 Å². The molecule has 0 aliphatic heterocycles. The van der Waals surface area contributed by atoms with Crippen molar-refractivity contribution in [1.29, 1.82) is 0 Å². The molecular formula is C16H13BrClNO3. The number of amides is 1. The molecule has 0 atom stereocenters. The highest BCUT2D eigenvalue weighted by atomic mass is 79.9. The standard InChI is InChI=1S/C16H13BrClNO3/c1-22-16(21)12-7-11(8-13(18)14(12)17)15(20)19-9-10-5-3-2-4-6-10/h2-8H,9H2,1H3,(H,19,20). The largest absolute Gasteiger partial charge is 0.465 e. The number of esters is 1. The minimum absolute atomic E-state index is 0.208. The van der Waals surface area contributed by atoms with Crippen molar-refractivity contribution in [3.8, 4) is 0 Å². The molecule has 2 aromatic carbocycles. The van der Waals surface area contributed by atoms with E-state index in [1.165, 1.54) is 19.2 Å². The van der Waals surface area contributed by atoms with Crippen molar-refractivity contribution in [3.05, 3.63) is 68.7 Å². The maximum absolute atomic E-state index is 12.2. The summed E-state index contributed by atoms with van der Waals surface area (Å²) in [5.74, 6) is -0.880. The number of halogens is 2. The zero-order valence-electron chi connectivity index (χ0n) is 11.7. The van der Waals surface area contributed by atoms with Crippen LogP contribution in [-0.4, -0.2) is 19.0 Å². The summed E-state index contributed by atoms with van der Waals surface area (Å²) < 4.78 is 5.08. The van der Waals surface area contributed by atoms with Crippen LogP contribution in [0, 0.1) is 0 Å². The van der Waals surface area contributed by atoms with Gasteiger partial charge in [-0.3, -0.25) is 4.79 Å². The van der Waals surface area contributed by atoms with Gasteiger partial charge in [0, 0.05) is 12.1 Å². The van der Waals surface area contributed by atoms with E-state index in [1.807, 2.05) is 30.3 Å². The first-order valence-electron chi connectivity index (χ1n) is 6.42. The van der Waals surface area contributed by atoms with E-state index in [-0.39, 0.29) is 16.5 Å². The molecule has 0 radical (unpaired) electrons. The van der Waals surface area contributed by atoms with Crippen LogP contribution in [0.3, 0.4) is 0 Å². The molecule has 4 nitrogen and oxygen atoms in total. The van der Waals surface area contributed by atoms with E-state index in [0.717, 1.165) is 5.56 Å². The normalized spacial score (nSPS) is 10.1. The number of methoxy groups -OCH3 is 1. The molecule has 2 aromatic rings. The first-order chi connectivity index (χ1) is 10.5. The van der Waals surface area contributed by atoms with Crippen LogP contribution < -0.4 is 5.32 Å². The Bertz CT molecular complexity index is 704. The first-order valence-corrected chi connectivity index (χ1v) is 7.59. The van der Waals surface area contributed by atoms with Gasteiger partial charge in [-0.05, 0) is 33.6 Å². The lowest BCUT2D eigenvalue weighted by molar-refractivity contribution is 0.0599. The number of hydrogen-bond donors (Lipinski definition) is 1. The highest BCUT2D eigenvalue weighted by Gasteiger charge is 2.17. The van der Waals surface area contributed by atoms with E-state index in [9.17, 15) is 9.59 Å². The fraction of sp³-hybridized carbons (Fsp3) is 0.125. The highest BCUT2D eigenvalue weighted by Crippen LogP contribution is 2.28. The van der Waals surface area contributed by atoms with Crippen molar-refractivity contribution >= 4 is 39.4 Å². The second kappa shape index (κ2) is 7.42. The molecule has 0 aliphatic carbocycles. The molecule has 0 aliphatic rings. The van der Waals surface area contributed by atoms with Crippen molar-refractivity contribution in [2.24, 2.45) is 0 Å². The van der Waals surface area contributed by atoms with Gasteiger partial charge in [0.05, 0.1) is 22.2 Å². The third-order valence-corrected chi connectivity index (χ3v) is 4.37. The monoisotopic (exact) mass is 381 g/mol. The summed E-state index contributed by atoms with van der Waals surface area (Å²) in [4.78, 5) is 23.9. The van der Waals surface area contributed by atoms with Gasteiger partial charge in [0.2, 0.25) is 0 Å². The average molecular weight is 383 g/mol. The summed E-state index contributed by atoms with van der Waals surface area (Å²) >= 11 is 9.26. The van der Waals surface area contributed by atoms with Gasteiger partial charge in [0.25, 0.3) is 5.91 Å². The molecule has 0 fully saturated rings. The van der Waals surface area contributed by atoms with Crippen molar-refractivity contribution in [2.45, 2.75) is 6.54 Å². The van der Waals surface area contributed by atoms with Gasteiger partial charge in [-0.15, -0.1) is 0 Å². The lowest BCUT2D eigenvalue weighted by atomic mass is 10.1. The van der Waals surface area contributed by atoms with Crippen molar-refractivity contribution < 1.29 is 14.3 Å². The molecule has 0 heterocycles. The summed E-state index contributed by atoms with van der Waals surface area (Å²) in [7, 11) is 1.27. The van der Waals surface area contributed by atoms with E-state index in [0.29, 0.717) is 16.6 Å². The van der Waals surface area contributed by atoms with Crippen LogP contribution in [0.2, 0.25) is 5.02 Å². The Morgan fingerprint density at radius 2 is 1.91 bits per heavy atom. The molecule has 1 amide bonds. The minimum atomic E-state index is -0.563. The zero-order valence-corrected chi connectivity index (χ0v) is 14.1. The third kappa shape index (κ3) is 3.87. The summed E-state index contributed by atoms with van der Waals surface area (Å²) in [6, 6.07) is 12.5. The van der Waals surface area contributed by atoms with E-state index in [4.69, 9.17) is 11.6 Å². The summed E-state index contributed by atoms with van der Waals surface area (Å²) in [5.41, 5.74) is 1.48. The van der Waals surface area contributed by atoms with Gasteiger partial charge in [0.15, 0.2) is 0 Å². The van der Waals surface area contributed by atoms with Gasteiger partial charge >= 0.3 is 5.97 Å². The highest BCUT2D eigenvalue weighted by molar-refractivity contribution is 9.10. The molecule has 0 aromatic heterocycles. The van der Waals surface area contributed by atoms with Gasteiger partial charge < -0.3 is 10.1 Å². The number of nitrogens with one attached hydrogen (secondary N) is 1. The second-order valence-electron chi connectivity index (χ2n) is 4.48. The number of carbonyl (C=O) groups excluding carboxylic acids is 2. The molecule has 0 unspecified atom stereocenters. The van der Waals surface area contributed by atoms with Crippen LogP contribution in [0.5, 0.6) is 0 Å². The summed E-state index contributed by atoms with van der Waals surface area (Å²) in [5, 5.41) is 3.05. The quantitative estimate of drug-likeness (QED) is 0.818. The lowest BCUT2D eigenvalue weighted by Gasteiger charge is -2.09. The topological polar surface area (TPSA) is 55.4 Å². The van der Waals surface area contributed by atoms with E-state index in [1.54, 1.807) is 0 Å². The lowest BCUT2D eigenvalue weighted by Crippen LogP contribution is -2.23. The Hall–Kier alpha value is -1.85. The summed E-state index contributed by atoms with van der Waals surface area (Å²) in [6.45, 7) is 0.390. The Balaban J connectivity index is 2.19. The van der Waals surface area contributed by atoms with Crippen molar-refractivity contribution in [2.75, 3.05) is 7.11 Å². The Morgan fingerprint density at radius 1 is 1.23 bits per heavy atom. The van der Waals surface area contributed by atoms with Crippen LogP contribution >= 0.6 is 27.5 Å². The van der Waals surface area contributed by atoms with Crippen LogP contribution in [0.15, 0.2) is 46.9 Å². The number of ether oxygens (including phenoxy) is 1. The van der Waals surface area contributed by atoms with E-state index >= 15 is 0 Å². The first kappa shape index (κ1) is 16.5. The SMILES string of the molecule is COC(=O)c1cc(C(=O)NCc2ccccc2)cc(Cl)c1Br. The smallest absolute Gasteiger partial charge is 0.339 e. The molecule has 114 valence electrons. The molecule has 1 N–H and O–H groups in total. The van der Waals surface area contributed by atoms with Crippen LogP contribution in [0.25, 0.3) is 0 Å². The molecule has 0 bridgehead atoms. The van der Waals surface area contributed by atoms with Gasteiger partial charge in [-0.1, -0.05) is 41.9 Å². The van der Waals surface area contributed by atoms with Gasteiger partial charge in [-0.25, -0.2) is 4.79 Å². The molecule has 0 saturated heterocycles. The summed E-state index contributed by atoms with van der Waals surface area (Å²) in [6.07, 6.45) is 0.